The van der Waals surface area contributed by atoms with E-state index in [-0.39, 0.29) is 0 Å². The van der Waals surface area contributed by atoms with Crippen LogP contribution >= 0.6 is 0 Å². The Balaban J connectivity index is 4.23. The van der Waals surface area contributed by atoms with Gasteiger partial charge in [-0.05, 0) is 33.4 Å². The lowest BCUT2D eigenvalue weighted by Crippen LogP contribution is -2.48. The first-order valence-corrected chi connectivity index (χ1v) is 6.73. The molecule has 0 saturated carbocycles. The van der Waals surface area contributed by atoms with Crippen molar-refractivity contribution in [1.82, 2.24) is 10.2 Å². The number of nitrogens with zero attached hydrogens (tertiary/aromatic N) is 1. The molecule has 0 aliphatic carbocycles. The van der Waals surface area contributed by atoms with Crippen LogP contribution in [0.1, 0.15) is 47.0 Å². The zero-order chi connectivity index (χ0) is 13.3. The summed E-state index contributed by atoms with van der Waals surface area (Å²) >= 11 is 0. The van der Waals surface area contributed by atoms with Crippen molar-refractivity contribution >= 4 is 5.97 Å². The van der Waals surface area contributed by atoms with Gasteiger partial charge in [0.2, 0.25) is 0 Å². The lowest BCUT2D eigenvalue weighted by atomic mass is 10.2. The monoisotopic (exact) mass is 244 g/mol. The van der Waals surface area contributed by atoms with E-state index in [2.05, 4.69) is 31.0 Å². The van der Waals surface area contributed by atoms with Crippen molar-refractivity contribution in [2.45, 2.75) is 59.0 Å². The first kappa shape index (κ1) is 16.4. The summed E-state index contributed by atoms with van der Waals surface area (Å²) < 4.78 is 0. The fraction of sp³-hybridized carbons (Fsp3) is 0.923. The van der Waals surface area contributed by atoms with Gasteiger partial charge in [-0.1, -0.05) is 26.7 Å². The highest BCUT2D eigenvalue weighted by Gasteiger charge is 2.21. The van der Waals surface area contributed by atoms with Gasteiger partial charge >= 0.3 is 5.97 Å². The van der Waals surface area contributed by atoms with Crippen LogP contribution in [0.4, 0.5) is 0 Å². The first-order chi connectivity index (χ1) is 8.02. The van der Waals surface area contributed by atoms with Gasteiger partial charge in [0.05, 0.1) is 0 Å². The molecule has 4 nitrogen and oxygen atoms in total. The maximum absolute atomic E-state index is 11.1. The Bertz CT molecular complexity index is 208. The Morgan fingerprint density at radius 2 is 1.94 bits per heavy atom. The molecule has 0 spiro atoms. The van der Waals surface area contributed by atoms with Gasteiger partial charge in [0, 0.05) is 12.6 Å². The minimum Gasteiger partial charge on any atom is -0.480 e. The Morgan fingerprint density at radius 3 is 2.35 bits per heavy atom. The van der Waals surface area contributed by atoms with Crippen molar-refractivity contribution < 1.29 is 9.90 Å². The van der Waals surface area contributed by atoms with Crippen molar-refractivity contribution in [2.75, 3.05) is 19.6 Å². The zero-order valence-corrected chi connectivity index (χ0v) is 11.7. The van der Waals surface area contributed by atoms with Crippen LogP contribution in [0.3, 0.4) is 0 Å². The highest BCUT2D eigenvalue weighted by atomic mass is 16.4. The topological polar surface area (TPSA) is 52.6 Å². The minimum atomic E-state index is -0.756. The summed E-state index contributed by atoms with van der Waals surface area (Å²) in [6, 6.07) is -0.0589. The summed E-state index contributed by atoms with van der Waals surface area (Å²) in [7, 11) is 0. The molecule has 0 bridgehead atoms. The molecule has 0 fully saturated rings. The summed E-state index contributed by atoms with van der Waals surface area (Å²) in [6.45, 7) is 10.6. The number of rotatable bonds is 10. The van der Waals surface area contributed by atoms with E-state index in [4.69, 9.17) is 5.11 Å². The van der Waals surface area contributed by atoms with Gasteiger partial charge in [-0.2, -0.15) is 0 Å². The molecule has 1 atom stereocenters. The van der Waals surface area contributed by atoms with Gasteiger partial charge in [0.15, 0.2) is 0 Å². The molecule has 0 aromatic rings. The van der Waals surface area contributed by atoms with Gasteiger partial charge in [-0.25, -0.2) is 0 Å². The summed E-state index contributed by atoms with van der Waals surface area (Å²) in [5, 5.41) is 12.1. The second-order valence-corrected chi connectivity index (χ2v) is 4.74. The predicted molar refractivity (Wildman–Crippen MR) is 71.3 cm³/mol. The number of likely N-dealkylation sites (N-methyl/N-ethyl adjacent to an activating group) is 1. The molecular weight excluding hydrogens is 216 g/mol. The van der Waals surface area contributed by atoms with Gasteiger partial charge in [0.25, 0.3) is 0 Å². The quantitative estimate of drug-likeness (QED) is 0.577. The van der Waals surface area contributed by atoms with Crippen LogP contribution in [0, 0.1) is 0 Å². The Kier molecular flexibility index (Phi) is 9.09. The number of aliphatic carboxylic acids is 1. The molecule has 0 rings (SSSR count). The maximum atomic E-state index is 11.1. The molecule has 0 aromatic heterocycles. The second kappa shape index (κ2) is 9.42. The van der Waals surface area contributed by atoms with E-state index in [1.165, 1.54) is 12.8 Å². The smallest absolute Gasteiger partial charge is 0.322 e. The van der Waals surface area contributed by atoms with Crippen LogP contribution in [0.5, 0.6) is 0 Å². The van der Waals surface area contributed by atoms with Gasteiger partial charge in [-0.3, -0.25) is 9.69 Å². The van der Waals surface area contributed by atoms with E-state index in [0.29, 0.717) is 19.1 Å². The van der Waals surface area contributed by atoms with E-state index < -0.39 is 12.0 Å². The van der Waals surface area contributed by atoms with E-state index in [1.807, 2.05) is 6.92 Å². The van der Waals surface area contributed by atoms with Crippen molar-refractivity contribution in [2.24, 2.45) is 0 Å². The molecule has 102 valence electrons. The number of hydrogen-bond acceptors (Lipinski definition) is 3. The number of carboxylic acid groups (broad SMARTS) is 1. The van der Waals surface area contributed by atoms with Crippen LogP contribution in [-0.2, 0) is 4.79 Å². The molecule has 0 saturated heterocycles. The van der Waals surface area contributed by atoms with Crippen LogP contribution in [-0.4, -0.2) is 47.7 Å². The van der Waals surface area contributed by atoms with Crippen LogP contribution in [0.2, 0.25) is 0 Å². The van der Waals surface area contributed by atoms with E-state index in [1.54, 1.807) is 0 Å². The zero-order valence-electron chi connectivity index (χ0n) is 11.7. The molecular formula is C13H28N2O2. The van der Waals surface area contributed by atoms with Crippen LogP contribution in [0.25, 0.3) is 0 Å². The van der Waals surface area contributed by atoms with Gasteiger partial charge in [-0.15, -0.1) is 0 Å². The van der Waals surface area contributed by atoms with Gasteiger partial charge in [0.1, 0.15) is 6.04 Å². The summed E-state index contributed by atoms with van der Waals surface area (Å²) in [4.78, 5) is 13.3. The first-order valence-electron chi connectivity index (χ1n) is 6.73. The summed E-state index contributed by atoms with van der Waals surface area (Å²) in [5.74, 6) is -0.756. The number of carboxylic acids is 1. The molecule has 2 N–H and O–H groups in total. The lowest BCUT2D eigenvalue weighted by molar-refractivity contribution is -0.140. The Hall–Kier alpha value is -0.610. The predicted octanol–water partition coefficient (Wildman–Crippen LogP) is 1.95. The fourth-order valence-electron chi connectivity index (χ4n) is 1.84. The van der Waals surface area contributed by atoms with Crippen molar-refractivity contribution in [1.29, 1.82) is 0 Å². The second-order valence-electron chi connectivity index (χ2n) is 4.74. The number of nitrogens with one attached hydrogen (secondary N) is 1. The van der Waals surface area contributed by atoms with E-state index in [0.717, 1.165) is 13.0 Å². The Morgan fingerprint density at radius 1 is 1.29 bits per heavy atom. The van der Waals surface area contributed by atoms with Crippen molar-refractivity contribution in [3.8, 4) is 0 Å². The molecule has 0 aromatic carbocycles. The number of hydrogen-bond donors (Lipinski definition) is 2. The number of carbonyl (C=O) groups is 1. The molecule has 1 unspecified atom stereocenters. The van der Waals surface area contributed by atoms with Crippen LogP contribution in [0.15, 0.2) is 0 Å². The molecule has 0 radical (unpaired) electrons. The molecule has 0 aliphatic heterocycles. The highest BCUT2D eigenvalue weighted by molar-refractivity contribution is 5.73. The number of unbranched alkanes of at least 4 members (excludes halogenated alkanes) is 2. The third kappa shape index (κ3) is 7.34. The van der Waals surface area contributed by atoms with Gasteiger partial charge < -0.3 is 10.4 Å². The Labute approximate surface area is 105 Å². The normalized spacial score (nSPS) is 13.3. The van der Waals surface area contributed by atoms with E-state index >= 15 is 0 Å². The molecule has 0 amide bonds. The molecule has 17 heavy (non-hydrogen) atoms. The van der Waals surface area contributed by atoms with Crippen molar-refractivity contribution in [3.05, 3.63) is 0 Å². The maximum Gasteiger partial charge on any atom is 0.322 e. The summed E-state index contributed by atoms with van der Waals surface area (Å²) in [6.07, 6.45) is 3.55. The minimum absolute atomic E-state index is 0.396. The average Bonchev–Trinajstić information content (AvgIpc) is 2.26. The highest BCUT2D eigenvalue weighted by Crippen LogP contribution is 2.05. The molecule has 4 heteroatoms. The van der Waals surface area contributed by atoms with E-state index in [9.17, 15) is 4.79 Å². The van der Waals surface area contributed by atoms with Crippen molar-refractivity contribution in [3.63, 3.8) is 0 Å². The fourth-order valence-corrected chi connectivity index (χ4v) is 1.84. The van der Waals surface area contributed by atoms with Crippen LogP contribution < -0.4 is 5.32 Å². The average molecular weight is 244 g/mol. The third-order valence-corrected chi connectivity index (χ3v) is 2.94. The lowest BCUT2D eigenvalue weighted by Gasteiger charge is -2.29. The molecule has 0 heterocycles. The standard InChI is InChI=1S/C13H28N2O2/c1-5-7-8-9-15(11(3)4)10-12(13(16)17)14-6-2/h11-12,14H,5-10H2,1-4H3,(H,16,17). The third-order valence-electron chi connectivity index (χ3n) is 2.94. The summed E-state index contributed by atoms with van der Waals surface area (Å²) in [5.41, 5.74) is 0. The molecule has 0 aliphatic rings. The largest absolute Gasteiger partial charge is 0.480 e. The SMILES string of the molecule is CCCCCN(CC(NCC)C(=O)O)C(C)C.